The highest BCUT2D eigenvalue weighted by Crippen LogP contribution is 2.37. The number of carbonyl (C=O) groups is 1. The summed E-state index contributed by atoms with van der Waals surface area (Å²) < 4.78 is 27.1. The van der Waals surface area contributed by atoms with Crippen molar-refractivity contribution < 1.29 is 13.2 Å². The van der Waals surface area contributed by atoms with Gasteiger partial charge < -0.3 is 10.6 Å². The SMILES string of the molecule is C[C@@H]1CN(c2ncccc2C(=O)NS(=O)(=O)c2cccc(N)n2)C(C)(C)C1. The van der Waals surface area contributed by atoms with E-state index in [0.29, 0.717) is 11.7 Å². The average molecular weight is 389 g/mol. The number of hydrogen-bond acceptors (Lipinski definition) is 7. The maximum absolute atomic E-state index is 12.8. The Hall–Kier alpha value is -2.68. The summed E-state index contributed by atoms with van der Waals surface area (Å²) in [6.07, 6.45) is 2.55. The number of sulfonamides is 1. The third-order valence-corrected chi connectivity index (χ3v) is 5.84. The number of rotatable bonds is 4. The first-order valence-electron chi connectivity index (χ1n) is 8.62. The molecular formula is C18H23N5O3S. The van der Waals surface area contributed by atoms with E-state index in [-0.39, 0.29) is 21.9 Å². The van der Waals surface area contributed by atoms with Gasteiger partial charge in [0.25, 0.3) is 15.9 Å². The Kier molecular flexibility index (Phi) is 4.81. The van der Waals surface area contributed by atoms with E-state index < -0.39 is 15.9 Å². The molecular weight excluding hydrogens is 366 g/mol. The third-order valence-electron chi connectivity index (χ3n) is 4.61. The predicted molar refractivity (Wildman–Crippen MR) is 103 cm³/mol. The summed E-state index contributed by atoms with van der Waals surface area (Å²) in [5, 5.41) is -0.309. The molecule has 3 rings (SSSR count). The predicted octanol–water partition coefficient (Wildman–Crippen LogP) is 1.80. The van der Waals surface area contributed by atoms with Crippen LogP contribution in [-0.4, -0.2) is 36.4 Å². The Bertz CT molecular complexity index is 974. The molecule has 0 aromatic carbocycles. The van der Waals surface area contributed by atoms with Gasteiger partial charge in [0.15, 0.2) is 5.03 Å². The molecule has 2 aromatic heterocycles. The van der Waals surface area contributed by atoms with Gasteiger partial charge in [-0.15, -0.1) is 0 Å². The van der Waals surface area contributed by atoms with Crippen molar-refractivity contribution in [1.29, 1.82) is 0 Å². The number of amides is 1. The van der Waals surface area contributed by atoms with Crippen LogP contribution in [0.5, 0.6) is 0 Å². The molecule has 0 bridgehead atoms. The van der Waals surface area contributed by atoms with Crippen LogP contribution in [0.25, 0.3) is 0 Å². The Labute approximate surface area is 158 Å². The summed E-state index contributed by atoms with van der Waals surface area (Å²) in [5.74, 6) is 0.219. The summed E-state index contributed by atoms with van der Waals surface area (Å²) in [5.41, 5.74) is 5.56. The maximum atomic E-state index is 12.8. The zero-order valence-corrected chi connectivity index (χ0v) is 16.3. The van der Waals surface area contributed by atoms with Crippen molar-refractivity contribution >= 4 is 27.6 Å². The standard InChI is InChI=1S/C18H23N5O3S/c1-12-10-18(2,3)23(11-12)16-13(6-5-9-20-16)17(24)22-27(25,26)15-8-4-7-14(19)21-15/h4-9,12H,10-11H2,1-3H3,(H2,19,21)(H,22,24)/t12-/m0/s1. The minimum absolute atomic E-state index is 0.0557. The van der Waals surface area contributed by atoms with Crippen molar-refractivity contribution in [2.24, 2.45) is 5.92 Å². The number of aromatic nitrogens is 2. The molecule has 8 nitrogen and oxygen atoms in total. The van der Waals surface area contributed by atoms with E-state index in [1.165, 1.54) is 18.2 Å². The molecule has 1 fully saturated rings. The normalized spacial score (nSPS) is 19.1. The van der Waals surface area contributed by atoms with Crippen molar-refractivity contribution in [2.75, 3.05) is 17.2 Å². The fourth-order valence-corrected chi connectivity index (χ4v) is 4.50. The van der Waals surface area contributed by atoms with Crippen LogP contribution in [0.3, 0.4) is 0 Å². The van der Waals surface area contributed by atoms with Crippen LogP contribution in [0.15, 0.2) is 41.6 Å². The number of anilines is 2. The van der Waals surface area contributed by atoms with Gasteiger partial charge >= 0.3 is 0 Å². The lowest BCUT2D eigenvalue weighted by Gasteiger charge is -2.33. The Morgan fingerprint density at radius 3 is 2.67 bits per heavy atom. The summed E-state index contributed by atoms with van der Waals surface area (Å²) in [6, 6.07) is 7.39. The number of carbonyl (C=O) groups excluding carboxylic acids is 1. The number of nitrogens with one attached hydrogen (secondary N) is 1. The van der Waals surface area contributed by atoms with Gasteiger partial charge in [-0.3, -0.25) is 4.79 Å². The second-order valence-corrected chi connectivity index (χ2v) is 9.07. The van der Waals surface area contributed by atoms with Gasteiger partial charge in [-0.25, -0.2) is 14.7 Å². The molecule has 1 saturated heterocycles. The Morgan fingerprint density at radius 1 is 1.30 bits per heavy atom. The molecule has 0 aliphatic carbocycles. The van der Waals surface area contributed by atoms with E-state index in [2.05, 4.69) is 40.4 Å². The van der Waals surface area contributed by atoms with Crippen LogP contribution in [0.2, 0.25) is 0 Å². The highest BCUT2D eigenvalue weighted by molar-refractivity contribution is 7.90. The van der Waals surface area contributed by atoms with E-state index in [0.717, 1.165) is 13.0 Å². The minimum Gasteiger partial charge on any atom is -0.384 e. The van der Waals surface area contributed by atoms with Gasteiger partial charge in [-0.05, 0) is 50.5 Å². The van der Waals surface area contributed by atoms with Crippen LogP contribution in [0.1, 0.15) is 37.6 Å². The number of pyridine rings is 2. The summed E-state index contributed by atoms with van der Waals surface area (Å²) >= 11 is 0. The van der Waals surface area contributed by atoms with E-state index >= 15 is 0 Å². The Morgan fingerprint density at radius 2 is 2.04 bits per heavy atom. The van der Waals surface area contributed by atoms with Crippen LogP contribution in [0, 0.1) is 5.92 Å². The second-order valence-electron chi connectivity index (χ2n) is 7.44. The Balaban J connectivity index is 1.93. The number of nitrogens with two attached hydrogens (primary N) is 1. The highest BCUT2D eigenvalue weighted by Gasteiger charge is 2.39. The van der Waals surface area contributed by atoms with Crippen molar-refractivity contribution in [3.8, 4) is 0 Å². The molecule has 144 valence electrons. The summed E-state index contributed by atoms with van der Waals surface area (Å²) in [6.45, 7) is 7.05. The molecule has 3 N–H and O–H groups in total. The molecule has 1 atom stereocenters. The van der Waals surface area contributed by atoms with Crippen molar-refractivity contribution in [3.63, 3.8) is 0 Å². The first kappa shape index (κ1) is 19.1. The molecule has 0 unspecified atom stereocenters. The van der Waals surface area contributed by atoms with E-state index in [1.54, 1.807) is 18.3 Å². The van der Waals surface area contributed by atoms with Gasteiger partial charge in [-0.2, -0.15) is 8.42 Å². The molecule has 1 aliphatic heterocycles. The van der Waals surface area contributed by atoms with Crippen LogP contribution in [-0.2, 0) is 10.0 Å². The molecule has 3 heterocycles. The molecule has 9 heteroatoms. The quantitative estimate of drug-likeness (QED) is 0.818. The molecule has 1 amide bonds. The number of nitrogens with zero attached hydrogens (tertiary/aromatic N) is 3. The maximum Gasteiger partial charge on any atom is 0.281 e. The fraction of sp³-hybridized carbons (Fsp3) is 0.389. The van der Waals surface area contributed by atoms with Gasteiger partial charge in [0.1, 0.15) is 11.6 Å². The molecule has 2 aromatic rings. The van der Waals surface area contributed by atoms with Crippen molar-refractivity contribution in [2.45, 2.75) is 37.8 Å². The first-order valence-corrected chi connectivity index (χ1v) is 10.1. The van der Waals surface area contributed by atoms with E-state index in [1.807, 2.05) is 0 Å². The van der Waals surface area contributed by atoms with Crippen LogP contribution in [0.4, 0.5) is 11.6 Å². The monoisotopic (exact) mass is 389 g/mol. The van der Waals surface area contributed by atoms with Gasteiger partial charge in [0.2, 0.25) is 0 Å². The fourth-order valence-electron chi connectivity index (χ4n) is 3.56. The number of nitrogen functional groups attached to an aromatic ring is 1. The lowest BCUT2D eigenvalue weighted by molar-refractivity contribution is 0.0981. The minimum atomic E-state index is -4.15. The van der Waals surface area contributed by atoms with Crippen LogP contribution >= 0.6 is 0 Å². The average Bonchev–Trinajstić information content (AvgIpc) is 2.86. The zero-order valence-electron chi connectivity index (χ0n) is 15.5. The van der Waals surface area contributed by atoms with Crippen molar-refractivity contribution in [1.82, 2.24) is 14.7 Å². The van der Waals surface area contributed by atoms with E-state index in [4.69, 9.17) is 5.73 Å². The molecule has 0 radical (unpaired) electrons. The van der Waals surface area contributed by atoms with Gasteiger partial charge in [-0.1, -0.05) is 13.0 Å². The highest BCUT2D eigenvalue weighted by atomic mass is 32.2. The number of hydrogen-bond donors (Lipinski definition) is 2. The zero-order chi connectivity index (χ0) is 19.8. The molecule has 27 heavy (non-hydrogen) atoms. The smallest absolute Gasteiger partial charge is 0.281 e. The van der Waals surface area contributed by atoms with E-state index in [9.17, 15) is 13.2 Å². The second kappa shape index (κ2) is 6.80. The summed E-state index contributed by atoms with van der Waals surface area (Å²) in [4.78, 5) is 23.0. The summed E-state index contributed by atoms with van der Waals surface area (Å²) in [7, 11) is -4.15. The van der Waals surface area contributed by atoms with Crippen molar-refractivity contribution in [3.05, 3.63) is 42.1 Å². The largest absolute Gasteiger partial charge is 0.384 e. The molecule has 0 saturated carbocycles. The van der Waals surface area contributed by atoms with Crippen LogP contribution < -0.4 is 15.4 Å². The first-order chi connectivity index (χ1) is 12.6. The lowest BCUT2D eigenvalue weighted by Crippen LogP contribution is -2.41. The van der Waals surface area contributed by atoms with Gasteiger partial charge in [0.05, 0.1) is 5.56 Å². The van der Waals surface area contributed by atoms with Gasteiger partial charge in [0, 0.05) is 18.3 Å². The topological polar surface area (TPSA) is 118 Å². The molecule has 0 spiro atoms. The lowest BCUT2D eigenvalue weighted by atomic mass is 9.97. The molecule has 1 aliphatic rings. The third kappa shape index (κ3) is 3.87.